The molecule has 0 saturated heterocycles. The molecule has 0 aliphatic heterocycles. The van der Waals surface area contributed by atoms with E-state index >= 15 is 0 Å². The van der Waals surface area contributed by atoms with Crippen molar-refractivity contribution in [2.24, 2.45) is 0 Å². The van der Waals surface area contributed by atoms with Crippen LogP contribution in [0.4, 0.5) is 0 Å². The Bertz CT molecular complexity index is 413. The molecule has 1 aromatic rings. The Kier molecular flexibility index (Phi) is 3.50. The van der Waals surface area contributed by atoms with Crippen molar-refractivity contribution in [1.29, 1.82) is 0 Å². The highest BCUT2D eigenvalue weighted by Gasteiger charge is 2.12. The second kappa shape index (κ2) is 4.65. The molecule has 0 aliphatic carbocycles. The molecule has 16 heavy (non-hydrogen) atoms. The van der Waals surface area contributed by atoms with Crippen molar-refractivity contribution < 1.29 is 24.2 Å². The van der Waals surface area contributed by atoms with Gasteiger partial charge in [0, 0.05) is 19.9 Å². The first-order valence-electron chi connectivity index (χ1n) is 4.60. The molecule has 0 spiro atoms. The van der Waals surface area contributed by atoms with Crippen LogP contribution in [0.25, 0.3) is 0 Å². The van der Waals surface area contributed by atoms with Crippen molar-refractivity contribution in [3.63, 3.8) is 0 Å². The summed E-state index contributed by atoms with van der Waals surface area (Å²) in [5, 5.41) is 9.57. The fourth-order valence-corrected chi connectivity index (χ4v) is 1.22. The average Bonchev–Trinajstić information content (AvgIpc) is 2.10. The highest BCUT2D eigenvalue weighted by molar-refractivity contribution is 5.72. The Morgan fingerprint density at radius 1 is 1.12 bits per heavy atom. The van der Waals surface area contributed by atoms with Gasteiger partial charge in [-0.1, -0.05) is 0 Å². The molecule has 0 unspecified atom stereocenters. The van der Waals surface area contributed by atoms with Gasteiger partial charge in [0.2, 0.25) is 0 Å². The van der Waals surface area contributed by atoms with Crippen LogP contribution in [0, 0.1) is 6.92 Å². The number of rotatable bonds is 2. The van der Waals surface area contributed by atoms with Crippen LogP contribution in [-0.4, -0.2) is 17.0 Å². The first-order valence-corrected chi connectivity index (χ1v) is 4.60. The van der Waals surface area contributed by atoms with Crippen molar-refractivity contribution in [3.8, 4) is 17.2 Å². The first kappa shape index (κ1) is 12.0. The van der Waals surface area contributed by atoms with Gasteiger partial charge in [-0.2, -0.15) is 0 Å². The Balaban J connectivity index is 3.06. The second-order valence-electron chi connectivity index (χ2n) is 3.28. The molecule has 0 atom stereocenters. The lowest BCUT2D eigenvalue weighted by Crippen LogP contribution is -2.05. The standard InChI is InChI=1S/C11H12O5/c1-6-4-9(15-7(2)12)5-10(14)11(6)16-8(3)13/h4-5,14H,1-3H3. The van der Waals surface area contributed by atoms with Crippen LogP contribution >= 0.6 is 0 Å². The number of phenols is 1. The quantitative estimate of drug-likeness (QED) is 0.609. The van der Waals surface area contributed by atoms with Gasteiger partial charge in [-0.05, 0) is 18.6 Å². The number of ether oxygens (including phenoxy) is 2. The lowest BCUT2D eigenvalue weighted by Gasteiger charge is -2.09. The topological polar surface area (TPSA) is 72.8 Å². The summed E-state index contributed by atoms with van der Waals surface area (Å²) in [7, 11) is 0. The SMILES string of the molecule is CC(=O)Oc1cc(C)c(OC(C)=O)c(O)c1. The Morgan fingerprint density at radius 3 is 2.12 bits per heavy atom. The maximum absolute atomic E-state index is 10.8. The van der Waals surface area contributed by atoms with Crippen LogP contribution in [0.3, 0.4) is 0 Å². The number of benzene rings is 1. The van der Waals surface area contributed by atoms with Gasteiger partial charge in [-0.25, -0.2) is 0 Å². The van der Waals surface area contributed by atoms with Gasteiger partial charge in [-0.15, -0.1) is 0 Å². The lowest BCUT2D eigenvalue weighted by molar-refractivity contribution is -0.133. The van der Waals surface area contributed by atoms with E-state index < -0.39 is 11.9 Å². The van der Waals surface area contributed by atoms with Crippen molar-refractivity contribution in [3.05, 3.63) is 17.7 Å². The van der Waals surface area contributed by atoms with Crippen LogP contribution in [0.2, 0.25) is 0 Å². The number of esters is 2. The molecule has 5 nitrogen and oxygen atoms in total. The zero-order valence-corrected chi connectivity index (χ0v) is 9.23. The molecule has 0 amide bonds. The molecule has 0 heterocycles. The van der Waals surface area contributed by atoms with E-state index in [-0.39, 0.29) is 17.2 Å². The summed E-state index contributed by atoms with van der Waals surface area (Å²) in [4.78, 5) is 21.5. The van der Waals surface area contributed by atoms with Gasteiger partial charge < -0.3 is 14.6 Å². The zero-order chi connectivity index (χ0) is 12.3. The maximum atomic E-state index is 10.8. The minimum absolute atomic E-state index is 0.0726. The minimum Gasteiger partial charge on any atom is -0.504 e. The molecule has 1 aromatic carbocycles. The van der Waals surface area contributed by atoms with Crippen molar-refractivity contribution in [2.45, 2.75) is 20.8 Å². The molecule has 0 bridgehead atoms. The summed E-state index contributed by atoms with van der Waals surface area (Å²) in [5.74, 6) is -0.981. The van der Waals surface area contributed by atoms with Crippen molar-refractivity contribution in [1.82, 2.24) is 0 Å². The third-order valence-electron chi connectivity index (χ3n) is 1.74. The summed E-state index contributed by atoms with van der Waals surface area (Å²) in [6, 6.07) is 2.71. The van der Waals surface area contributed by atoms with Crippen LogP contribution in [-0.2, 0) is 9.59 Å². The monoisotopic (exact) mass is 224 g/mol. The van der Waals surface area contributed by atoms with Gasteiger partial charge in [-0.3, -0.25) is 9.59 Å². The second-order valence-corrected chi connectivity index (χ2v) is 3.28. The van der Waals surface area contributed by atoms with Crippen LogP contribution in [0.15, 0.2) is 12.1 Å². The van der Waals surface area contributed by atoms with Gasteiger partial charge in [0.25, 0.3) is 0 Å². The number of aryl methyl sites for hydroxylation is 1. The number of phenolic OH excluding ortho intramolecular Hbond substituents is 1. The molecule has 0 aliphatic rings. The average molecular weight is 224 g/mol. The third kappa shape index (κ3) is 2.98. The van der Waals surface area contributed by atoms with E-state index in [1.807, 2.05) is 0 Å². The predicted octanol–water partition coefficient (Wildman–Crippen LogP) is 1.55. The molecule has 0 aromatic heterocycles. The Morgan fingerprint density at radius 2 is 1.69 bits per heavy atom. The highest BCUT2D eigenvalue weighted by atomic mass is 16.5. The van der Waals surface area contributed by atoms with E-state index in [9.17, 15) is 14.7 Å². The molecular weight excluding hydrogens is 212 g/mol. The largest absolute Gasteiger partial charge is 0.504 e. The van der Waals surface area contributed by atoms with Crippen LogP contribution in [0.1, 0.15) is 19.4 Å². The van der Waals surface area contributed by atoms with Gasteiger partial charge in [0.05, 0.1) is 0 Å². The predicted molar refractivity (Wildman–Crippen MR) is 55.5 cm³/mol. The van der Waals surface area contributed by atoms with E-state index in [1.54, 1.807) is 6.92 Å². The number of aromatic hydroxyl groups is 1. The van der Waals surface area contributed by atoms with E-state index in [2.05, 4.69) is 0 Å². The molecule has 86 valence electrons. The molecule has 1 rings (SSSR count). The molecule has 0 radical (unpaired) electrons. The molecule has 1 N–H and O–H groups in total. The smallest absolute Gasteiger partial charge is 0.308 e. The summed E-state index contributed by atoms with van der Waals surface area (Å²) in [6.45, 7) is 4.12. The number of carbonyl (C=O) groups excluding carboxylic acids is 2. The number of hydrogen-bond donors (Lipinski definition) is 1. The van der Waals surface area contributed by atoms with Crippen molar-refractivity contribution >= 4 is 11.9 Å². The molecule has 0 saturated carbocycles. The molecule has 5 heteroatoms. The first-order chi connectivity index (χ1) is 7.40. The maximum Gasteiger partial charge on any atom is 0.308 e. The van der Waals surface area contributed by atoms with E-state index in [4.69, 9.17) is 9.47 Å². The van der Waals surface area contributed by atoms with E-state index in [0.29, 0.717) is 5.56 Å². The van der Waals surface area contributed by atoms with Crippen molar-refractivity contribution in [2.75, 3.05) is 0 Å². The molecule has 0 fully saturated rings. The van der Waals surface area contributed by atoms with E-state index in [0.717, 1.165) is 0 Å². The van der Waals surface area contributed by atoms with Crippen LogP contribution in [0.5, 0.6) is 17.2 Å². The normalized spacial score (nSPS) is 9.69. The van der Waals surface area contributed by atoms with Gasteiger partial charge in [0.15, 0.2) is 11.5 Å². The summed E-state index contributed by atoms with van der Waals surface area (Å²) >= 11 is 0. The fourth-order valence-electron chi connectivity index (χ4n) is 1.22. The fraction of sp³-hybridized carbons (Fsp3) is 0.273. The Labute approximate surface area is 92.6 Å². The highest BCUT2D eigenvalue weighted by Crippen LogP contribution is 2.34. The summed E-state index contributed by atoms with van der Waals surface area (Å²) in [5.41, 5.74) is 0.506. The summed E-state index contributed by atoms with van der Waals surface area (Å²) in [6.07, 6.45) is 0. The third-order valence-corrected chi connectivity index (χ3v) is 1.74. The minimum atomic E-state index is -0.529. The molecular formula is C11H12O5. The van der Waals surface area contributed by atoms with Gasteiger partial charge >= 0.3 is 11.9 Å². The number of hydrogen-bond acceptors (Lipinski definition) is 5. The zero-order valence-electron chi connectivity index (χ0n) is 9.23. The van der Waals surface area contributed by atoms with Gasteiger partial charge in [0.1, 0.15) is 5.75 Å². The lowest BCUT2D eigenvalue weighted by atomic mass is 10.2. The Hall–Kier alpha value is -2.04. The number of carbonyl (C=O) groups is 2. The van der Waals surface area contributed by atoms with Crippen LogP contribution < -0.4 is 9.47 Å². The van der Waals surface area contributed by atoms with E-state index in [1.165, 1.54) is 26.0 Å². The summed E-state index contributed by atoms with van der Waals surface area (Å²) < 4.78 is 9.60.